The van der Waals surface area contributed by atoms with Crippen molar-refractivity contribution in [2.75, 3.05) is 5.32 Å². The number of amides is 1. The summed E-state index contributed by atoms with van der Waals surface area (Å²) in [5.74, 6) is -0.0445. The Hall–Kier alpha value is -2.29. The number of nitrogens with zero attached hydrogens (tertiary/aromatic N) is 1. The molecule has 0 saturated carbocycles. The molecule has 3 nitrogen and oxygen atoms in total. The number of hydrogen-bond acceptors (Lipinski definition) is 1. The molecule has 0 unspecified atom stereocenters. The lowest BCUT2D eigenvalue weighted by molar-refractivity contribution is -0.114. The van der Waals surface area contributed by atoms with Gasteiger partial charge in [0.25, 0.3) is 0 Å². The van der Waals surface area contributed by atoms with Gasteiger partial charge in [0, 0.05) is 40.5 Å². The first-order valence-corrected chi connectivity index (χ1v) is 6.88. The Bertz CT molecular complexity index is 799. The maximum atomic E-state index is 11.2. The molecule has 20 heavy (non-hydrogen) atoms. The van der Waals surface area contributed by atoms with Crippen molar-refractivity contribution >= 4 is 33.4 Å². The molecule has 1 heterocycles. The van der Waals surface area contributed by atoms with Gasteiger partial charge in [-0.15, -0.1) is 0 Å². The van der Waals surface area contributed by atoms with Crippen LogP contribution in [0.1, 0.15) is 26.8 Å². The van der Waals surface area contributed by atoms with Crippen molar-refractivity contribution in [1.29, 1.82) is 0 Å². The van der Waals surface area contributed by atoms with E-state index in [2.05, 4.69) is 60.1 Å². The Morgan fingerprint density at radius 2 is 1.75 bits per heavy atom. The van der Waals surface area contributed by atoms with Crippen LogP contribution in [0.2, 0.25) is 0 Å². The number of anilines is 1. The van der Waals surface area contributed by atoms with Crippen LogP contribution in [0.15, 0.2) is 42.5 Å². The molecule has 0 bridgehead atoms. The van der Waals surface area contributed by atoms with Crippen molar-refractivity contribution in [2.45, 2.75) is 26.8 Å². The van der Waals surface area contributed by atoms with Crippen LogP contribution in [0.25, 0.3) is 21.8 Å². The van der Waals surface area contributed by atoms with Gasteiger partial charge in [-0.05, 0) is 38.1 Å². The van der Waals surface area contributed by atoms with Crippen molar-refractivity contribution in [3.8, 4) is 0 Å². The first-order valence-electron chi connectivity index (χ1n) is 6.88. The fourth-order valence-corrected chi connectivity index (χ4v) is 2.84. The molecule has 102 valence electrons. The smallest absolute Gasteiger partial charge is 0.221 e. The zero-order chi connectivity index (χ0) is 14.3. The van der Waals surface area contributed by atoms with Crippen LogP contribution in [-0.4, -0.2) is 10.5 Å². The number of benzene rings is 2. The lowest BCUT2D eigenvalue weighted by atomic mass is 10.1. The van der Waals surface area contributed by atoms with Gasteiger partial charge in [0.1, 0.15) is 0 Å². The fraction of sp³-hybridized carbons (Fsp3) is 0.235. The highest BCUT2D eigenvalue weighted by Crippen LogP contribution is 2.33. The minimum Gasteiger partial charge on any atom is -0.338 e. The zero-order valence-corrected chi connectivity index (χ0v) is 12.0. The first-order chi connectivity index (χ1) is 9.58. The average molecular weight is 266 g/mol. The third kappa shape index (κ3) is 1.95. The number of carbonyl (C=O) groups is 1. The number of nitrogens with one attached hydrogen (secondary N) is 1. The van der Waals surface area contributed by atoms with Crippen molar-refractivity contribution in [3.05, 3.63) is 42.5 Å². The Morgan fingerprint density at radius 1 is 1.05 bits per heavy atom. The average Bonchev–Trinajstić information content (AvgIpc) is 2.72. The van der Waals surface area contributed by atoms with Crippen LogP contribution < -0.4 is 5.32 Å². The second-order valence-electron chi connectivity index (χ2n) is 5.39. The Balaban J connectivity index is 2.35. The standard InChI is InChI=1S/C17H18N2O/c1-11(2)19-16-7-5-4-6-14(16)15-10-13(18-12(3)20)8-9-17(15)19/h4-11H,1-3H3,(H,18,20). The van der Waals surface area contributed by atoms with E-state index in [-0.39, 0.29) is 5.91 Å². The summed E-state index contributed by atoms with van der Waals surface area (Å²) in [7, 11) is 0. The van der Waals surface area contributed by atoms with E-state index in [1.807, 2.05) is 6.07 Å². The van der Waals surface area contributed by atoms with Crippen LogP contribution >= 0.6 is 0 Å². The third-order valence-corrected chi connectivity index (χ3v) is 3.55. The molecular weight excluding hydrogens is 248 g/mol. The number of aromatic nitrogens is 1. The summed E-state index contributed by atoms with van der Waals surface area (Å²) < 4.78 is 2.34. The van der Waals surface area contributed by atoms with Gasteiger partial charge < -0.3 is 9.88 Å². The molecule has 1 amide bonds. The molecule has 0 fully saturated rings. The van der Waals surface area contributed by atoms with Crippen molar-refractivity contribution < 1.29 is 4.79 Å². The number of hydrogen-bond donors (Lipinski definition) is 1. The quantitative estimate of drug-likeness (QED) is 0.735. The highest BCUT2D eigenvalue weighted by atomic mass is 16.1. The van der Waals surface area contributed by atoms with E-state index in [0.717, 1.165) is 5.69 Å². The normalized spacial score (nSPS) is 11.4. The summed E-state index contributed by atoms with van der Waals surface area (Å²) in [6.45, 7) is 5.91. The van der Waals surface area contributed by atoms with Gasteiger partial charge in [-0.3, -0.25) is 4.79 Å². The first kappa shape index (κ1) is 12.7. The van der Waals surface area contributed by atoms with E-state index in [0.29, 0.717) is 6.04 Å². The molecule has 0 saturated heterocycles. The summed E-state index contributed by atoms with van der Waals surface area (Å²) in [6.07, 6.45) is 0. The van der Waals surface area contributed by atoms with Crippen LogP contribution in [0, 0.1) is 0 Å². The van der Waals surface area contributed by atoms with Crippen LogP contribution in [-0.2, 0) is 4.79 Å². The van der Waals surface area contributed by atoms with Gasteiger partial charge >= 0.3 is 0 Å². The summed E-state index contributed by atoms with van der Waals surface area (Å²) in [4.78, 5) is 11.2. The van der Waals surface area contributed by atoms with Crippen molar-refractivity contribution in [2.24, 2.45) is 0 Å². The van der Waals surface area contributed by atoms with E-state index in [4.69, 9.17) is 0 Å². The monoisotopic (exact) mass is 266 g/mol. The third-order valence-electron chi connectivity index (χ3n) is 3.55. The second-order valence-corrected chi connectivity index (χ2v) is 5.39. The predicted octanol–water partition coefficient (Wildman–Crippen LogP) is 4.33. The maximum absolute atomic E-state index is 11.2. The lowest BCUT2D eigenvalue weighted by Crippen LogP contribution is -2.05. The molecule has 0 aliphatic heterocycles. The van der Waals surface area contributed by atoms with Crippen molar-refractivity contribution in [3.63, 3.8) is 0 Å². The molecule has 0 radical (unpaired) electrons. The van der Waals surface area contributed by atoms with E-state index in [9.17, 15) is 4.79 Å². The van der Waals surface area contributed by atoms with E-state index in [1.165, 1.54) is 28.7 Å². The molecule has 3 aromatic rings. The molecule has 3 rings (SSSR count). The minimum atomic E-state index is -0.0445. The molecular formula is C17H18N2O. The zero-order valence-electron chi connectivity index (χ0n) is 12.0. The highest BCUT2D eigenvalue weighted by molar-refractivity contribution is 6.09. The lowest BCUT2D eigenvalue weighted by Gasteiger charge is -2.11. The van der Waals surface area contributed by atoms with Crippen LogP contribution in [0.4, 0.5) is 5.69 Å². The highest BCUT2D eigenvalue weighted by Gasteiger charge is 2.12. The topological polar surface area (TPSA) is 34.0 Å². The molecule has 0 atom stereocenters. The Morgan fingerprint density at radius 3 is 2.45 bits per heavy atom. The largest absolute Gasteiger partial charge is 0.338 e. The fourth-order valence-electron chi connectivity index (χ4n) is 2.84. The summed E-state index contributed by atoms with van der Waals surface area (Å²) >= 11 is 0. The predicted molar refractivity (Wildman–Crippen MR) is 84.1 cm³/mol. The summed E-state index contributed by atoms with van der Waals surface area (Å²) in [6, 6.07) is 14.9. The van der Waals surface area contributed by atoms with Crippen LogP contribution in [0.5, 0.6) is 0 Å². The van der Waals surface area contributed by atoms with Gasteiger partial charge in [0.15, 0.2) is 0 Å². The Labute approximate surface area is 118 Å². The SMILES string of the molecule is CC(=O)Nc1ccc2c(c1)c1ccccc1n2C(C)C. The van der Waals surface area contributed by atoms with Crippen molar-refractivity contribution in [1.82, 2.24) is 4.57 Å². The van der Waals surface area contributed by atoms with E-state index in [1.54, 1.807) is 0 Å². The molecule has 2 aromatic carbocycles. The molecule has 0 aliphatic carbocycles. The molecule has 1 N–H and O–H groups in total. The molecule has 0 aliphatic rings. The number of fused-ring (bicyclic) bond motifs is 3. The molecule has 0 spiro atoms. The van der Waals surface area contributed by atoms with Gasteiger partial charge in [0.2, 0.25) is 5.91 Å². The maximum Gasteiger partial charge on any atom is 0.221 e. The second kappa shape index (κ2) is 4.67. The number of para-hydroxylation sites is 1. The van der Waals surface area contributed by atoms with Gasteiger partial charge in [-0.2, -0.15) is 0 Å². The number of rotatable bonds is 2. The van der Waals surface area contributed by atoms with Crippen LogP contribution in [0.3, 0.4) is 0 Å². The van der Waals surface area contributed by atoms with E-state index >= 15 is 0 Å². The Kier molecular flexibility index (Phi) is 2.97. The van der Waals surface area contributed by atoms with E-state index < -0.39 is 0 Å². The minimum absolute atomic E-state index is 0.0445. The van der Waals surface area contributed by atoms with Gasteiger partial charge in [0.05, 0.1) is 0 Å². The summed E-state index contributed by atoms with van der Waals surface area (Å²) in [5, 5.41) is 5.26. The summed E-state index contributed by atoms with van der Waals surface area (Å²) in [5.41, 5.74) is 3.28. The molecule has 3 heteroatoms. The van der Waals surface area contributed by atoms with Gasteiger partial charge in [-0.25, -0.2) is 0 Å². The number of carbonyl (C=O) groups excluding carboxylic acids is 1. The molecule has 1 aromatic heterocycles. The van der Waals surface area contributed by atoms with Gasteiger partial charge in [-0.1, -0.05) is 18.2 Å².